The van der Waals surface area contributed by atoms with E-state index in [1.54, 1.807) is 38.5 Å². The van der Waals surface area contributed by atoms with Crippen LogP contribution in [0.25, 0.3) is 5.69 Å². The van der Waals surface area contributed by atoms with Crippen molar-refractivity contribution in [3.8, 4) is 17.2 Å². The monoisotopic (exact) mass is 379 g/mol. The Hall–Kier alpha value is -3.41. The summed E-state index contributed by atoms with van der Waals surface area (Å²) in [7, 11) is 3.27. The van der Waals surface area contributed by atoms with Crippen LogP contribution in [0.2, 0.25) is 0 Å². The Morgan fingerprint density at radius 2 is 1.71 bits per heavy atom. The minimum atomic E-state index is -0.257. The topological polar surface area (TPSA) is 64.5 Å². The van der Waals surface area contributed by atoms with Gasteiger partial charge in [-0.05, 0) is 61.9 Å². The van der Waals surface area contributed by atoms with Crippen molar-refractivity contribution in [2.75, 3.05) is 19.5 Å². The lowest BCUT2D eigenvalue weighted by Gasteiger charge is -2.14. The molecule has 0 aliphatic carbocycles. The van der Waals surface area contributed by atoms with Gasteiger partial charge in [-0.15, -0.1) is 0 Å². The third-order valence-corrected chi connectivity index (χ3v) is 4.65. The number of amides is 2. The molecule has 3 aromatic rings. The first kappa shape index (κ1) is 19.4. The fourth-order valence-corrected chi connectivity index (χ4v) is 3.22. The van der Waals surface area contributed by atoms with E-state index in [-0.39, 0.29) is 6.03 Å². The highest BCUT2D eigenvalue weighted by molar-refractivity contribution is 5.89. The minimum Gasteiger partial charge on any atom is -0.497 e. The number of carbonyl (C=O) groups excluding carboxylic acids is 1. The Kier molecular flexibility index (Phi) is 5.89. The van der Waals surface area contributed by atoms with Crippen LogP contribution in [0.1, 0.15) is 17.0 Å². The van der Waals surface area contributed by atoms with E-state index in [9.17, 15) is 4.79 Å². The highest BCUT2D eigenvalue weighted by atomic mass is 16.5. The van der Waals surface area contributed by atoms with Crippen molar-refractivity contribution in [2.45, 2.75) is 20.4 Å². The normalized spacial score (nSPS) is 10.4. The van der Waals surface area contributed by atoms with E-state index in [2.05, 4.69) is 21.3 Å². The number of hydrogen-bond donors (Lipinski definition) is 2. The number of aromatic nitrogens is 1. The van der Waals surface area contributed by atoms with E-state index in [1.165, 1.54) is 0 Å². The zero-order chi connectivity index (χ0) is 20.1. The number of aryl methyl sites for hydroxylation is 1. The molecule has 6 nitrogen and oxygen atoms in total. The molecule has 0 bridgehead atoms. The maximum absolute atomic E-state index is 12.2. The maximum atomic E-state index is 12.2. The molecule has 0 unspecified atom stereocenters. The first-order valence-electron chi connectivity index (χ1n) is 9.03. The Bertz CT molecular complexity index is 962. The van der Waals surface area contributed by atoms with Crippen molar-refractivity contribution in [2.24, 2.45) is 0 Å². The van der Waals surface area contributed by atoms with Crippen molar-refractivity contribution in [1.29, 1.82) is 0 Å². The number of para-hydroxylation sites is 2. The summed E-state index contributed by atoms with van der Waals surface area (Å²) >= 11 is 0. The Labute approximate surface area is 165 Å². The molecule has 3 rings (SSSR count). The van der Waals surface area contributed by atoms with Crippen LogP contribution in [0.5, 0.6) is 11.5 Å². The van der Waals surface area contributed by atoms with Gasteiger partial charge < -0.3 is 24.7 Å². The van der Waals surface area contributed by atoms with Gasteiger partial charge in [0.15, 0.2) is 0 Å². The summed E-state index contributed by atoms with van der Waals surface area (Å²) in [5, 5.41) is 5.73. The Morgan fingerprint density at radius 1 is 1.00 bits per heavy atom. The summed E-state index contributed by atoms with van der Waals surface area (Å²) in [6, 6.07) is 16.9. The predicted octanol–water partition coefficient (Wildman–Crippen LogP) is 4.43. The smallest absolute Gasteiger partial charge is 0.319 e. The van der Waals surface area contributed by atoms with Crippen LogP contribution >= 0.6 is 0 Å². The highest BCUT2D eigenvalue weighted by Gasteiger charge is 2.14. The Balaban J connectivity index is 1.70. The summed E-state index contributed by atoms with van der Waals surface area (Å²) < 4.78 is 12.7. The molecule has 0 saturated carbocycles. The number of carbonyl (C=O) groups is 1. The van der Waals surface area contributed by atoms with Crippen molar-refractivity contribution in [1.82, 2.24) is 9.88 Å². The molecular formula is C22H25N3O3. The summed E-state index contributed by atoms with van der Waals surface area (Å²) in [6.45, 7) is 4.51. The first-order chi connectivity index (χ1) is 13.5. The quantitative estimate of drug-likeness (QED) is 0.666. The molecule has 0 radical (unpaired) electrons. The summed E-state index contributed by atoms with van der Waals surface area (Å²) in [5.74, 6) is 1.55. The van der Waals surface area contributed by atoms with Crippen LogP contribution in [0, 0.1) is 13.8 Å². The number of nitrogens with zero attached hydrogens (tertiary/aromatic N) is 1. The second-order valence-corrected chi connectivity index (χ2v) is 6.44. The number of urea groups is 1. The summed E-state index contributed by atoms with van der Waals surface area (Å²) in [4.78, 5) is 12.2. The molecule has 0 fully saturated rings. The van der Waals surface area contributed by atoms with Gasteiger partial charge in [0, 0.05) is 23.6 Å². The molecule has 2 N–H and O–H groups in total. The molecule has 1 heterocycles. The number of ether oxygens (including phenoxy) is 2. The van der Waals surface area contributed by atoms with E-state index >= 15 is 0 Å². The van der Waals surface area contributed by atoms with Gasteiger partial charge in [0.05, 0.1) is 19.9 Å². The average Bonchev–Trinajstić information content (AvgIpc) is 3.00. The van der Waals surface area contributed by atoms with Gasteiger partial charge in [0.2, 0.25) is 0 Å². The van der Waals surface area contributed by atoms with Crippen LogP contribution in [-0.4, -0.2) is 24.8 Å². The zero-order valence-electron chi connectivity index (χ0n) is 16.6. The second-order valence-electron chi connectivity index (χ2n) is 6.44. The van der Waals surface area contributed by atoms with Crippen LogP contribution in [0.15, 0.2) is 54.6 Å². The number of hydrogen-bond acceptors (Lipinski definition) is 3. The van der Waals surface area contributed by atoms with Crippen LogP contribution in [-0.2, 0) is 6.54 Å². The third kappa shape index (κ3) is 4.11. The lowest BCUT2D eigenvalue weighted by molar-refractivity contribution is 0.251. The fourth-order valence-electron chi connectivity index (χ4n) is 3.22. The molecule has 146 valence electrons. The van der Waals surface area contributed by atoms with Gasteiger partial charge >= 0.3 is 6.03 Å². The third-order valence-electron chi connectivity index (χ3n) is 4.65. The SMILES string of the molecule is COc1ccc(NC(=O)NCc2cc(C)n(-c3ccccc3OC)c2C)cc1. The molecule has 2 aromatic carbocycles. The summed E-state index contributed by atoms with van der Waals surface area (Å²) in [6.07, 6.45) is 0. The zero-order valence-corrected chi connectivity index (χ0v) is 16.6. The molecule has 1 aromatic heterocycles. The van der Waals surface area contributed by atoms with Gasteiger partial charge in [-0.3, -0.25) is 0 Å². The molecule has 0 aliphatic rings. The number of benzene rings is 2. The molecule has 0 spiro atoms. The van der Waals surface area contributed by atoms with Gasteiger partial charge in [-0.1, -0.05) is 12.1 Å². The second kappa shape index (κ2) is 8.52. The molecule has 28 heavy (non-hydrogen) atoms. The van der Waals surface area contributed by atoms with Crippen LogP contribution < -0.4 is 20.1 Å². The number of rotatable bonds is 6. The number of anilines is 1. The molecule has 0 saturated heterocycles. The van der Waals surface area contributed by atoms with Crippen LogP contribution in [0.4, 0.5) is 10.5 Å². The lowest BCUT2D eigenvalue weighted by Crippen LogP contribution is -2.28. The molecule has 0 aliphatic heterocycles. The lowest BCUT2D eigenvalue weighted by atomic mass is 10.2. The number of nitrogens with one attached hydrogen (secondary N) is 2. The van der Waals surface area contributed by atoms with Crippen molar-refractivity contribution in [3.05, 3.63) is 71.5 Å². The minimum absolute atomic E-state index is 0.257. The molecule has 6 heteroatoms. The fraction of sp³-hybridized carbons (Fsp3) is 0.227. The number of methoxy groups -OCH3 is 2. The van der Waals surface area contributed by atoms with Crippen molar-refractivity contribution in [3.63, 3.8) is 0 Å². The Morgan fingerprint density at radius 3 is 2.39 bits per heavy atom. The van der Waals surface area contributed by atoms with E-state index in [0.717, 1.165) is 34.1 Å². The van der Waals surface area contributed by atoms with E-state index in [4.69, 9.17) is 9.47 Å². The molecular weight excluding hydrogens is 354 g/mol. The molecule has 2 amide bonds. The van der Waals surface area contributed by atoms with Crippen LogP contribution in [0.3, 0.4) is 0 Å². The van der Waals surface area contributed by atoms with Gasteiger partial charge in [0.1, 0.15) is 11.5 Å². The first-order valence-corrected chi connectivity index (χ1v) is 9.03. The highest BCUT2D eigenvalue weighted by Crippen LogP contribution is 2.27. The van der Waals surface area contributed by atoms with Gasteiger partial charge in [-0.25, -0.2) is 4.79 Å². The van der Waals surface area contributed by atoms with E-state index in [1.807, 2.05) is 38.1 Å². The summed E-state index contributed by atoms with van der Waals surface area (Å²) in [5.41, 5.74) is 4.88. The molecule has 0 atom stereocenters. The van der Waals surface area contributed by atoms with E-state index < -0.39 is 0 Å². The van der Waals surface area contributed by atoms with Gasteiger partial charge in [0.25, 0.3) is 0 Å². The van der Waals surface area contributed by atoms with Crippen molar-refractivity contribution < 1.29 is 14.3 Å². The predicted molar refractivity (Wildman–Crippen MR) is 111 cm³/mol. The van der Waals surface area contributed by atoms with Crippen molar-refractivity contribution >= 4 is 11.7 Å². The average molecular weight is 379 g/mol. The largest absolute Gasteiger partial charge is 0.497 e. The van der Waals surface area contributed by atoms with E-state index in [0.29, 0.717) is 12.2 Å². The van der Waals surface area contributed by atoms with Gasteiger partial charge in [-0.2, -0.15) is 0 Å². The maximum Gasteiger partial charge on any atom is 0.319 e. The standard InChI is InChI=1S/C22H25N3O3/c1-15-13-17(16(2)25(15)20-7-5-6-8-21(20)28-4)14-23-22(26)24-18-9-11-19(27-3)12-10-18/h5-13H,14H2,1-4H3,(H2,23,24,26).